The average Bonchev–Trinajstić information content (AvgIpc) is 2.42. The quantitative estimate of drug-likeness (QED) is 0.698. The highest BCUT2D eigenvalue weighted by atomic mass is 16.3. The van der Waals surface area contributed by atoms with Crippen molar-refractivity contribution in [1.82, 2.24) is 10.2 Å². The highest BCUT2D eigenvalue weighted by Gasteiger charge is 2.34. The zero-order chi connectivity index (χ0) is 15.3. The Morgan fingerprint density at radius 1 is 1.40 bits per heavy atom. The first kappa shape index (κ1) is 16.8. The molecular weight excluding hydrogens is 258 g/mol. The molecule has 0 spiro atoms. The number of carbonyl (C=O) groups is 2. The highest BCUT2D eigenvalue weighted by molar-refractivity contribution is 5.87. The summed E-state index contributed by atoms with van der Waals surface area (Å²) in [6, 6.07) is -1.49. The van der Waals surface area contributed by atoms with E-state index in [2.05, 4.69) is 5.32 Å². The summed E-state index contributed by atoms with van der Waals surface area (Å²) < 4.78 is 0. The normalized spacial score (nSPS) is 25.6. The number of hydrogen-bond acceptors (Lipinski definition) is 3. The molecule has 4 N–H and O–H groups in total. The van der Waals surface area contributed by atoms with Crippen LogP contribution in [-0.2, 0) is 4.79 Å². The Bertz CT molecular complexity index is 349. The molecule has 0 aliphatic heterocycles. The van der Waals surface area contributed by atoms with Gasteiger partial charge >= 0.3 is 6.03 Å². The third-order valence-corrected chi connectivity index (χ3v) is 4.32. The van der Waals surface area contributed by atoms with Gasteiger partial charge in [-0.25, -0.2) is 4.79 Å². The van der Waals surface area contributed by atoms with Crippen molar-refractivity contribution in [3.63, 3.8) is 0 Å². The molecule has 0 radical (unpaired) electrons. The van der Waals surface area contributed by atoms with Crippen LogP contribution in [0.3, 0.4) is 0 Å². The van der Waals surface area contributed by atoms with Gasteiger partial charge in [0.05, 0.1) is 12.1 Å². The van der Waals surface area contributed by atoms with Crippen LogP contribution in [0.25, 0.3) is 0 Å². The Kier molecular flexibility index (Phi) is 6.26. The molecule has 0 aromatic rings. The first-order valence-corrected chi connectivity index (χ1v) is 7.39. The summed E-state index contributed by atoms with van der Waals surface area (Å²) in [5.41, 5.74) is 5.16. The third kappa shape index (κ3) is 4.10. The van der Waals surface area contributed by atoms with Gasteiger partial charge in [0.2, 0.25) is 5.91 Å². The van der Waals surface area contributed by atoms with Crippen LogP contribution in [0.2, 0.25) is 0 Å². The number of rotatable bonds is 5. The molecule has 6 nitrogen and oxygen atoms in total. The number of carbonyl (C=O) groups excluding carboxylic acids is 2. The van der Waals surface area contributed by atoms with Crippen LogP contribution in [0, 0.1) is 5.92 Å². The fraction of sp³-hybridized carbons (Fsp3) is 0.857. The number of likely N-dealkylation sites (N-methyl/N-ethyl adjacent to an activating group) is 1. The second-order valence-electron chi connectivity index (χ2n) is 5.74. The van der Waals surface area contributed by atoms with E-state index in [1.54, 1.807) is 11.9 Å². The monoisotopic (exact) mass is 285 g/mol. The second-order valence-corrected chi connectivity index (χ2v) is 5.74. The first-order valence-electron chi connectivity index (χ1n) is 7.39. The number of amides is 3. The Hall–Kier alpha value is -1.30. The van der Waals surface area contributed by atoms with Crippen LogP contribution in [-0.4, -0.2) is 47.2 Å². The first-order chi connectivity index (χ1) is 9.38. The molecular formula is C14H27N3O3. The zero-order valence-electron chi connectivity index (χ0n) is 12.6. The van der Waals surface area contributed by atoms with Crippen LogP contribution in [0.1, 0.15) is 46.0 Å². The van der Waals surface area contributed by atoms with Crippen LogP contribution < -0.4 is 11.1 Å². The van der Waals surface area contributed by atoms with Crippen LogP contribution >= 0.6 is 0 Å². The van der Waals surface area contributed by atoms with Gasteiger partial charge in [0.25, 0.3) is 0 Å². The lowest BCUT2D eigenvalue weighted by Gasteiger charge is -2.38. The minimum Gasteiger partial charge on any atom is -0.391 e. The molecule has 1 rings (SSSR count). The summed E-state index contributed by atoms with van der Waals surface area (Å²) in [5.74, 6) is -0.178. The van der Waals surface area contributed by atoms with Gasteiger partial charge < -0.3 is 21.1 Å². The molecule has 0 bridgehead atoms. The maximum atomic E-state index is 12.6. The summed E-state index contributed by atoms with van der Waals surface area (Å²) >= 11 is 0. The second kappa shape index (κ2) is 7.47. The van der Waals surface area contributed by atoms with Crippen molar-refractivity contribution < 1.29 is 14.7 Å². The van der Waals surface area contributed by atoms with E-state index < -0.39 is 18.2 Å². The van der Waals surface area contributed by atoms with E-state index in [9.17, 15) is 14.7 Å². The van der Waals surface area contributed by atoms with E-state index in [1.807, 2.05) is 13.8 Å². The van der Waals surface area contributed by atoms with Gasteiger partial charge in [-0.3, -0.25) is 4.79 Å². The number of hydrogen-bond donors (Lipinski definition) is 3. The number of nitrogens with one attached hydrogen (secondary N) is 1. The van der Waals surface area contributed by atoms with Crippen molar-refractivity contribution >= 4 is 11.9 Å². The van der Waals surface area contributed by atoms with Gasteiger partial charge in [-0.05, 0) is 18.8 Å². The van der Waals surface area contributed by atoms with E-state index >= 15 is 0 Å². The predicted octanol–water partition coefficient (Wildman–Crippen LogP) is 0.831. The SMILES string of the molecule is CCC(C)C(NC(N)=O)C(=O)N(C)C1CCCCC1O. The van der Waals surface area contributed by atoms with Gasteiger partial charge in [-0.2, -0.15) is 0 Å². The maximum absolute atomic E-state index is 12.6. The van der Waals surface area contributed by atoms with Crippen molar-refractivity contribution in [2.45, 2.75) is 64.1 Å². The Balaban J connectivity index is 2.78. The van der Waals surface area contributed by atoms with Crippen molar-refractivity contribution in [3.8, 4) is 0 Å². The molecule has 1 aliphatic rings. The van der Waals surface area contributed by atoms with Gasteiger partial charge in [0.15, 0.2) is 0 Å². The molecule has 0 heterocycles. The standard InChI is InChI=1S/C14H27N3O3/c1-4-9(2)12(16-14(15)20)13(19)17(3)10-7-5-6-8-11(10)18/h9-12,18H,4-8H2,1-3H3,(H3,15,16,20). The molecule has 1 aliphatic carbocycles. The molecule has 4 unspecified atom stereocenters. The molecule has 4 atom stereocenters. The van der Waals surface area contributed by atoms with Crippen LogP contribution in [0.4, 0.5) is 4.79 Å². The van der Waals surface area contributed by atoms with E-state index in [0.717, 1.165) is 32.1 Å². The minimum absolute atomic E-state index is 0.00168. The summed E-state index contributed by atoms with van der Waals surface area (Å²) in [5, 5.41) is 12.6. The minimum atomic E-state index is -0.693. The molecule has 20 heavy (non-hydrogen) atoms. The topological polar surface area (TPSA) is 95.7 Å². The van der Waals surface area contributed by atoms with Crippen LogP contribution in [0.5, 0.6) is 0 Å². The van der Waals surface area contributed by atoms with E-state index in [0.29, 0.717) is 0 Å². The number of urea groups is 1. The number of aliphatic hydroxyl groups excluding tert-OH is 1. The van der Waals surface area contributed by atoms with Crippen molar-refractivity contribution in [2.75, 3.05) is 7.05 Å². The van der Waals surface area contributed by atoms with Gasteiger partial charge in [0, 0.05) is 7.05 Å². The molecule has 1 fully saturated rings. The smallest absolute Gasteiger partial charge is 0.312 e. The molecule has 0 saturated heterocycles. The summed E-state index contributed by atoms with van der Waals surface area (Å²) in [4.78, 5) is 25.2. The fourth-order valence-corrected chi connectivity index (χ4v) is 2.76. The molecule has 1 saturated carbocycles. The number of aliphatic hydroxyl groups is 1. The lowest BCUT2D eigenvalue weighted by atomic mass is 9.90. The third-order valence-electron chi connectivity index (χ3n) is 4.32. The molecule has 6 heteroatoms. The molecule has 0 aromatic heterocycles. The van der Waals surface area contributed by atoms with Crippen LogP contribution in [0.15, 0.2) is 0 Å². The van der Waals surface area contributed by atoms with Gasteiger partial charge in [0.1, 0.15) is 6.04 Å². The summed E-state index contributed by atoms with van der Waals surface area (Å²) in [6.45, 7) is 3.87. The van der Waals surface area contributed by atoms with Crippen molar-refractivity contribution in [1.29, 1.82) is 0 Å². The van der Waals surface area contributed by atoms with Crippen molar-refractivity contribution in [2.24, 2.45) is 11.7 Å². The lowest BCUT2D eigenvalue weighted by molar-refractivity contribution is -0.138. The zero-order valence-corrected chi connectivity index (χ0v) is 12.6. The van der Waals surface area contributed by atoms with E-state index in [-0.39, 0.29) is 17.9 Å². The molecule has 3 amide bonds. The summed E-state index contributed by atoms with van der Waals surface area (Å²) in [7, 11) is 1.69. The average molecular weight is 285 g/mol. The fourth-order valence-electron chi connectivity index (χ4n) is 2.76. The van der Waals surface area contributed by atoms with Gasteiger partial charge in [-0.1, -0.05) is 33.1 Å². The maximum Gasteiger partial charge on any atom is 0.312 e. The molecule has 116 valence electrons. The number of primary amides is 1. The highest BCUT2D eigenvalue weighted by Crippen LogP contribution is 2.23. The Morgan fingerprint density at radius 2 is 2.00 bits per heavy atom. The van der Waals surface area contributed by atoms with E-state index in [4.69, 9.17) is 5.73 Å². The van der Waals surface area contributed by atoms with Gasteiger partial charge in [-0.15, -0.1) is 0 Å². The number of nitrogens with zero attached hydrogens (tertiary/aromatic N) is 1. The van der Waals surface area contributed by atoms with Crippen molar-refractivity contribution in [3.05, 3.63) is 0 Å². The lowest BCUT2D eigenvalue weighted by Crippen LogP contribution is -2.56. The Morgan fingerprint density at radius 3 is 2.50 bits per heavy atom. The van der Waals surface area contributed by atoms with E-state index in [1.165, 1.54) is 0 Å². The molecule has 0 aromatic carbocycles. The number of nitrogens with two attached hydrogens (primary N) is 1. The predicted molar refractivity (Wildman–Crippen MR) is 77.0 cm³/mol. The largest absolute Gasteiger partial charge is 0.391 e. The Labute approximate surface area is 120 Å². The summed E-state index contributed by atoms with van der Waals surface area (Å²) in [6.07, 6.45) is 3.80.